The van der Waals surface area contributed by atoms with Gasteiger partial charge in [-0.1, -0.05) is 18.9 Å². The zero-order valence-corrected chi connectivity index (χ0v) is 12.1. The molecule has 0 bridgehead atoms. The predicted molar refractivity (Wildman–Crippen MR) is 74.7 cm³/mol. The summed E-state index contributed by atoms with van der Waals surface area (Å²) in [5.41, 5.74) is 0.876. The van der Waals surface area contributed by atoms with Gasteiger partial charge >= 0.3 is 0 Å². The zero-order valence-electron chi connectivity index (χ0n) is 11.2. The lowest BCUT2D eigenvalue weighted by atomic mass is 10.2. The Kier molecular flexibility index (Phi) is 4.90. The third-order valence-electron chi connectivity index (χ3n) is 3.42. The average molecular weight is 283 g/mol. The molecule has 1 fully saturated rings. The molecule has 1 N–H and O–H groups in total. The lowest BCUT2D eigenvalue weighted by Gasteiger charge is -2.23. The van der Waals surface area contributed by atoms with Crippen LogP contribution in [-0.4, -0.2) is 30.8 Å². The highest BCUT2D eigenvalue weighted by molar-refractivity contribution is 7.87. The molecule has 6 heteroatoms. The summed E-state index contributed by atoms with van der Waals surface area (Å²) in [6.07, 6.45) is 7.49. The van der Waals surface area contributed by atoms with Crippen molar-refractivity contribution in [2.24, 2.45) is 0 Å². The van der Waals surface area contributed by atoms with E-state index in [1.807, 2.05) is 19.1 Å². The molecule has 0 radical (unpaired) electrons. The van der Waals surface area contributed by atoms with E-state index in [4.69, 9.17) is 0 Å². The van der Waals surface area contributed by atoms with Crippen LogP contribution in [-0.2, 0) is 10.2 Å². The van der Waals surface area contributed by atoms with Crippen LogP contribution in [0.5, 0.6) is 0 Å². The Hall–Kier alpha value is -0.980. The highest BCUT2D eigenvalue weighted by Crippen LogP contribution is 2.16. The van der Waals surface area contributed by atoms with Crippen LogP contribution in [0.1, 0.15) is 44.2 Å². The molecule has 1 aromatic heterocycles. The number of rotatable bonds is 4. The quantitative estimate of drug-likeness (QED) is 0.917. The molecule has 1 aromatic rings. The molecule has 1 aliphatic rings. The van der Waals surface area contributed by atoms with Crippen LogP contribution in [0.4, 0.5) is 0 Å². The summed E-state index contributed by atoms with van der Waals surface area (Å²) in [6, 6.07) is 3.43. The Morgan fingerprint density at radius 3 is 2.53 bits per heavy atom. The van der Waals surface area contributed by atoms with E-state index in [0.29, 0.717) is 13.1 Å². The second-order valence-electron chi connectivity index (χ2n) is 4.94. The van der Waals surface area contributed by atoms with Crippen molar-refractivity contribution < 1.29 is 8.42 Å². The lowest BCUT2D eigenvalue weighted by molar-refractivity contribution is 0.410. The first-order chi connectivity index (χ1) is 9.09. The summed E-state index contributed by atoms with van der Waals surface area (Å²) in [5.74, 6) is 0. The molecule has 0 aliphatic carbocycles. The summed E-state index contributed by atoms with van der Waals surface area (Å²) in [4.78, 5) is 4.01. The maximum absolute atomic E-state index is 12.3. The van der Waals surface area contributed by atoms with Gasteiger partial charge < -0.3 is 0 Å². The summed E-state index contributed by atoms with van der Waals surface area (Å²) in [6.45, 7) is 3.08. The monoisotopic (exact) mass is 283 g/mol. The van der Waals surface area contributed by atoms with Crippen LogP contribution in [0.2, 0.25) is 0 Å². The van der Waals surface area contributed by atoms with Gasteiger partial charge in [0.15, 0.2) is 0 Å². The van der Waals surface area contributed by atoms with Crippen molar-refractivity contribution in [3.8, 4) is 0 Å². The highest BCUT2D eigenvalue weighted by Gasteiger charge is 2.24. The van der Waals surface area contributed by atoms with E-state index in [1.165, 1.54) is 0 Å². The van der Waals surface area contributed by atoms with Gasteiger partial charge in [-0.3, -0.25) is 4.98 Å². The minimum absolute atomic E-state index is 0.262. The summed E-state index contributed by atoms with van der Waals surface area (Å²) in [5, 5.41) is 0. The number of nitrogens with one attached hydrogen (secondary N) is 1. The summed E-state index contributed by atoms with van der Waals surface area (Å²) in [7, 11) is -3.40. The molecule has 0 aromatic carbocycles. The van der Waals surface area contributed by atoms with Gasteiger partial charge in [0.1, 0.15) is 0 Å². The molecule has 1 unspecified atom stereocenters. The molecule has 0 spiro atoms. The van der Waals surface area contributed by atoms with Crippen molar-refractivity contribution in [3.63, 3.8) is 0 Å². The molecule has 1 saturated heterocycles. The van der Waals surface area contributed by atoms with E-state index < -0.39 is 10.2 Å². The normalized spacial score (nSPS) is 19.8. The number of pyridine rings is 1. The van der Waals surface area contributed by atoms with Crippen molar-refractivity contribution >= 4 is 10.2 Å². The molecule has 106 valence electrons. The first-order valence-electron chi connectivity index (χ1n) is 6.77. The van der Waals surface area contributed by atoms with E-state index in [0.717, 1.165) is 31.2 Å². The number of hydrogen-bond donors (Lipinski definition) is 1. The number of hydrogen-bond acceptors (Lipinski definition) is 3. The topological polar surface area (TPSA) is 62.3 Å². The average Bonchev–Trinajstić information content (AvgIpc) is 2.68. The van der Waals surface area contributed by atoms with Gasteiger partial charge in [-0.2, -0.15) is 17.4 Å². The Balaban J connectivity index is 2.04. The lowest BCUT2D eigenvalue weighted by Crippen LogP contribution is -2.42. The van der Waals surface area contributed by atoms with Crippen molar-refractivity contribution in [1.82, 2.24) is 14.0 Å². The first kappa shape index (κ1) is 14.4. The van der Waals surface area contributed by atoms with Crippen molar-refractivity contribution in [2.45, 2.75) is 38.6 Å². The second-order valence-corrected chi connectivity index (χ2v) is 6.65. The van der Waals surface area contributed by atoms with Crippen LogP contribution in [0, 0.1) is 0 Å². The van der Waals surface area contributed by atoms with E-state index in [1.54, 1.807) is 16.7 Å². The summed E-state index contributed by atoms with van der Waals surface area (Å²) >= 11 is 0. The van der Waals surface area contributed by atoms with Gasteiger partial charge in [-0.25, -0.2) is 0 Å². The molecule has 5 nitrogen and oxygen atoms in total. The Morgan fingerprint density at radius 1 is 1.26 bits per heavy atom. The Bertz CT molecular complexity index is 482. The van der Waals surface area contributed by atoms with Crippen LogP contribution in [0.3, 0.4) is 0 Å². The van der Waals surface area contributed by atoms with Gasteiger partial charge in [0.2, 0.25) is 0 Å². The van der Waals surface area contributed by atoms with Crippen molar-refractivity contribution in [2.75, 3.05) is 13.1 Å². The van der Waals surface area contributed by atoms with Crippen LogP contribution in [0.25, 0.3) is 0 Å². The maximum Gasteiger partial charge on any atom is 0.279 e. The van der Waals surface area contributed by atoms with Gasteiger partial charge in [0.25, 0.3) is 10.2 Å². The molecule has 1 atom stereocenters. The van der Waals surface area contributed by atoms with Crippen molar-refractivity contribution in [3.05, 3.63) is 30.1 Å². The minimum atomic E-state index is -3.40. The predicted octanol–water partition coefficient (Wildman–Crippen LogP) is 1.85. The van der Waals surface area contributed by atoms with Crippen LogP contribution in [0.15, 0.2) is 24.5 Å². The standard InChI is InChI=1S/C13H21N3O2S/c1-12(13-7-6-8-14-11-13)15-19(17,18)16-9-4-2-3-5-10-16/h6-8,11-12,15H,2-5,9-10H2,1H3. The third kappa shape index (κ3) is 3.99. The fourth-order valence-electron chi connectivity index (χ4n) is 2.28. The Morgan fingerprint density at radius 2 is 1.95 bits per heavy atom. The molecule has 19 heavy (non-hydrogen) atoms. The second kappa shape index (κ2) is 6.45. The largest absolute Gasteiger partial charge is 0.279 e. The van der Waals surface area contributed by atoms with E-state index in [9.17, 15) is 8.42 Å². The van der Waals surface area contributed by atoms with Crippen LogP contribution < -0.4 is 4.72 Å². The molecular formula is C13H21N3O2S. The molecule has 2 heterocycles. The molecular weight excluding hydrogens is 262 g/mol. The van der Waals surface area contributed by atoms with Gasteiger partial charge in [0, 0.05) is 31.5 Å². The van der Waals surface area contributed by atoms with E-state index in [2.05, 4.69) is 9.71 Å². The van der Waals surface area contributed by atoms with Gasteiger partial charge in [-0.05, 0) is 31.4 Å². The molecule has 2 rings (SSSR count). The van der Waals surface area contributed by atoms with E-state index >= 15 is 0 Å². The van der Waals surface area contributed by atoms with Crippen molar-refractivity contribution in [1.29, 1.82) is 0 Å². The number of aromatic nitrogens is 1. The van der Waals surface area contributed by atoms with Gasteiger partial charge in [0.05, 0.1) is 0 Å². The first-order valence-corrected chi connectivity index (χ1v) is 8.21. The fourth-order valence-corrected chi connectivity index (χ4v) is 3.75. The van der Waals surface area contributed by atoms with Gasteiger partial charge in [-0.15, -0.1) is 0 Å². The van der Waals surface area contributed by atoms with E-state index in [-0.39, 0.29) is 6.04 Å². The molecule has 0 amide bonds. The summed E-state index contributed by atoms with van der Waals surface area (Å²) < 4.78 is 28.9. The smallest absolute Gasteiger partial charge is 0.264 e. The highest BCUT2D eigenvalue weighted by atomic mass is 32.2. The Labute approximate surface area is 115 Å². The molecule has 0 saturated carbocycles. The number of nitrogens with zero attached hydrogens (tertiary/aromatic N) is 2. The third-order valence-corrected chi connectivity index (χ3v) is 5.11. The minimum Gasteiger partial charge on any atom is -0.264 e. The SMILES string of the molecule is CC(NS(=O)(=O)N1CCCCCC1)c1cccnc1. The maximum atomic E-state index is 12.3. The van der Waals surface area contributed by atoms with Crippen LogP contribution >= 0.6 is 0 Å². The fraction of sp³-hybridized carbons (Fsp3) is 0.615. The molecule has 1 aliphatic heterocycles. The zero-order chi connectivity index (χ0) is 13.7.